The summed E-state index contributed by atoms with van der Waals surface area (Å²) in [5.41, 5.74) is 9.42. The number of hydrogen-bond acceptors (Lipinski definition) is 2. The molecular weight excluding hydrogens is 263 g/mol. The number of halogens is 1. The Morgan fingerprint density at radius 3 is 2.62 bits per heavy atom. The second-order valence-corrected chi connectivity index (χ2v) is 5.95. The quantitative estimate of drug-likeness (QED) is 0.894. The number of benzene rings is 2. The molecule has 2 unspecified atom stereocenters. The molecule has 0 aromatic heterocycles. The lowest BCUT2D eigenvalue weighted by Crippen LogP contribution is -2.45. The molecule has 2 nitrogen and oxygen atoms in total. The van der Waals surface area contributed by atoms with Crippen molar-refractivity contribution >= 4 is 5.69 Å². The van der Waals surface area contributed by atoms with Gasteiger partial charge in [-0.3, -0.25) is 0 Å². The molecule has 0 heterocycles. The predicted molar refractivity (Wildman–Crippen MR) is 84.8 cm³/mol. The van der Waals surface area contributed by atoms with Gasteiger partial charge in [-0.05, 0) is 54.2 Å². The fourth-order valence-electron chi connectivity index (χ4n) is 3.32. The van der Waals surface area contributed by atoms with E-state index in [0.29, 0.717) is 12.5 Å². The van der Waals surface area contributed by atoms with E-state index in [4.69, 9.17) is 5.73 Å². The van der Waals surface area contributed by atoms with Crippen molar-refractivity contribution in [1.29, 1.82) is 0 Å². The third kappa shape index (κ3) is 2.54. The van der Waals surface area contributed by atoms with Crippen LogP contribution in [0.4, 0.5) is 10.1 Å². The first-order valence-corrected chi connectivity index (χ1v) is 7.48. The van der Waals surface area contributed by atoms with Crippen molar-refractivity contribution < 1.29 is 4.39 Å². The molecule has 1 aliphatic rings. The van der Waals surface area contributed by atoms with Gasteiger partial charge in [-0.15, -0.1) is 0 Å². The maximum Gasteiger partial charge on any atom is 0.123 e. The van der Waals surface area contributed by atoms with Gasteiger partial charge in [0.15, 0.2) is 0 Å². The Balaban J connectivity index is 2.01. The molecule has 3 N–H and O–H groups in total. The van der Waals surface area contributed by atoms with Crippen LogP contribution in [0, 0.1) is 5.82 Å². The highest BCUT2D eigenvalue weighted by Gasteiger charge is 2.37. The molecule has 2 aromatic rings. The number of anilines is 1. The first-order valence-electron chi connectivity index (χ1n) is 7.48. The van der Waals surface area contributed by atoms with Gasteiger partial charge in [0.1, 0.15) is 5.82 Å². The molecule has 0 radical (unpaired) electrons. The molecule has 1 aliphatic carbocycles. The minimum Gasteiger partial charge on any atom is -0.374 e. The van der Waals surface area contributed by atoms with Crippen LogP contribution < -0.4 is 11.1 Å². The van der Waals surface area contributed by atoms with Crippen LogP contribution in [0.15, 0.2) is 48.5 Å². The summed E-state index contributed by atoms with van der Waals surface area (Å²) in [5.74, 6) is 0.330. The summed E-state index contributed by atoms with van der Waals surface area (Å²) in [6.07, 6.45) is 2.08. The predicted octanol–water partition coefficient (Wildman–Crippen LogP) is 3.99. The van der Waals surface area contributed by atoms with E-state index >= 15 is 0 Å². The lowest BCUT2D eigenvalue weighted by molar-refractivity contribution is 0.391. The van der Waals surface area contributed by atoms with E-state index in [-0.39, 0.29) is 11.4 Å². The normalized spacial score (nSPS) is 24.4. The van der Waals surface area contributed by atoms with Crippen molar-refractivity contribution in [2.24, 2.45) is 5.73 Å². The van der Waals surface area contributed by atoms with Crippen LogP contribution >= 0.6 is 0 Å². The molecular formula is C18H21FN2. The summed E-state index contributed by atoms with van der Waals surface area (Å²) >= 11 is 0. The Bertz CT molecular complexity index is 623. The van der Waals surface area contributed by atoms with Crippen molar-refractivity contribution in [3.63, 3.8) is 0 Å². The third-order valence-corrected chi connectivity index (χ3v) is 4.59. The first-order chi connectivity index (χ1) is 10.1. The number of fused-ring (bicyclic) bond motifs is 1. The van der Waals surface area contributed by atoms with Gasteiger partial charge in [-0.25, -0.2) is 4.39 Å². The van der Waals surface area contributed by atoms with Gasteiger partial charge >= 0.3 is 0 Å². The number of rotatable bonds is 3. The van der Waals surface area contributed by atoms with Crippen LogP contribution in [0.1, 0.15) is 36.8 Å². The monoisotopic (exact) mass is 284 g/mol. The van der Waals surface area contributed by atoms with Gasteiger partial charge in [0.25, 0.3) is 0 Å². The molecule has 0 aliphatic heterocycles. The van der Waals surface area contributed by atoms with Crippen LogP contribution in [0.5, 0.6) is 0 Å². The van der Waals surface area contributed by atoms with Gasteiger partial charge < -0.3 is 11.1 Å². The van der Waals surface area contributed by atoms with Gasteiger partial charge in [0.2, 0.25) is 0 Å². The third-order valence-electron chi connectivity index (χ3n) is 4.59. The Morgan fingerprint density at radius 1 is 1.19 bits per heavy atom. The summed E-state index contributed by atoms with van der Waals surface area (Å²) < 4.78 is 13.1. The second-order valence-electron chi connectivity index (χ2n) is 5.95. The maximum absolute atomic E-state index is 13.1. The molecule has 21 heavy (non-hydrogen) atoms. The molecule has 0 amide bonds. The van der Waals surface area contributed by atoms with E-state index in [0.717, 1.165) is 18.5 Å². The SMILES string of the molecule is CC1CCC(CN)(Nc2ccc(F)cc2)c2ccccc21. The molecule has 2 aromatic carbocycles. The molecule has 0 fully saturated rings. The van der Waals surface area contributed by atoms with Crippen molar-refractivity contribution in [2.45, 2.75) is 31.2 Å². The van der Waals surface area contributed by atoms with E-state index in [2.05, 4.69) is 36.5 Å². The minimum atomic E-state index is -0.263. The van der Waals surface area contributed by atoms with Crippen molar-refractivity contribution in [2.75, 3.05) is 11.9 Å². The largest absolute Gasteiger partial charge is 0.374 e. The van der Waals surface area contributed by atoms with E-state index in [1.807, 2.05) is 0 Å². The second kappa shape index (κ2) is 5.49. The Hall–Kier alpha value is -1.87. The zero-order valence-electron chi connectivity index (χ0n) is 12.3. The van der Waals surface area contributed by atoms with E-state index in [9.17, 15) is 4.39 Å². The van der Waals surface area contributed by atoms with Gasteiger partial charge in [-0.2, -0.15) is 0 Å². The Labute approximate surface area is 125 Å². The zero-order chi connectivity index (χ0) is 14.9. The fraction of sp³-hybridized carbons (Fsp3) is 0.333. The molecule has 3 heteroatoms. The van der Waals surface area contributed by atoms with Crippen LogP contribution in [0.25, 0.3) is 0 Å². The molecule has 0 bridgehead atoms. The Kier molecular flexibility index (Phi) is 3.68. The molecule has 3 rings (SSSR count). The average Bonchev–Trinajstić information content (AvgIpc) is 2.53. The number of nitrogens with two attached hydrogens (primary N) is 1. The van der Waals surface area contributed by atoms with Crippen LogP contribution in [-0.4, -0.2) is 6.54 Å². The molecule has 0 saturated heterocycles. The van der Waals surface area contributed by atoms with Gasteiger partial charge in [0.05, 0.1) is 5.54 Å². The summed E-state index contributed by atoms with van der Waals surface area (Å²) in [5, 5.41) is 3.56. The molecule has 0 spiro atoms. The average molecular weight is 284 g/mol. The molecule has 2 atom stereocenters. The maximum atomic E-state index is 13.1. The lowest BCUT2D eigenvalue weighted by atomic mass is 9.72. The van der Waals surface area contributed by atoms with Crippen LogP contribution in [-0.2, 0) is 5.54 Å². The molecule has 110 valence electrons. The van der Waals surface area contributed by atoms with Gasteiger partial charge in [0, 0.05) is 12.2 Å². The topological polar surface area (TPSA) is 38.0 Å². The zero-order valence-corrected chi connectivity index (χ0v) is 12.3. The first kappa shape index (κ1) is 14.1. The highest BCUT2D eigenvalue weighted by Crippen LogP contribution is 2.42. The fourth-order valence-corrected chi connectivity index (χ4v) is 3.32. The van der Waals surface area contributed by atoms with Crippen molar-refractivity contribution in [1.82, 2.24) is 0 Å². The number of hydrogen-bond donors (Lipinski definition) is 2. The summed E-state index contributed by atoms with van der Waals surface area (Å²) in [6, 6.07) is 15.0. The van der Waals surface area contributed by atoms with Crippen LogP contribution in [0.3, 0.4) is 0 Å². The van der Waals surface area contributed by atoms with Crippen molar-refractivity contribution in [3.05, 3.63) is 65.5 Å². The van der Waals surface area contributed by atoms with Crippen molar-refractivity contribution in [3.8, 4) is 0 Å². The van der Waals surface area contributed by atoms with Gasteiger partial charge in [-0.1, -0.05) is 31.2 Å². The summed E-state index contributed by atoms with van der Waals surface area (Å²) in [4.78, 5) is 0. The number of nitrogens with one attached hydrogen (secondary N) is 1. The Morgan fingerprint density at radius 2 is 1.90 bits per heavy atom. The van der Waals surface area contributed by atoms with E-state index in [1.165, 1.54) is 23.3 Å². The highest BCUT2D eigenvalue weighted by molar-refractivity contribution is 5.51. The lowest BCUT2D eigenvalue weighted by Gasteiger charge is -2.42. The van der Waals surface area contributed by atoms with Crippen LogP contribution in [0.2, 0.25) is 0 Å². The smallest absolute Gasteiger partial charge is 0.123 e. The minimum absolute atomic E-state index is 0.222. The van der Waals surface area contributed by atoms with E-state index in [1.54, 1.807) is 12.1 Å². The van der Waals surface area contributed by atoms with E-state index < -0.39 is 0 Å². The standard InChI is InChI=1S/C18H21FN2/c1-13-10-11-18(12-20,17-5-3-2-4-16(13)17)21-15-8-6-14(19)7-9-15/h2-9,13,21H,10-12,20H2,1H3. The molecule has 0 saturated carbocycles. The highest BCUT2D eigenvalue weighted by atomic mass is 19.1. The summed E-state index contributed by atoms with van der Waals surface area (Å²) in [7, 11) is 0. The summed E-state index contributed by atoms with van der Waals surface area (Å²) in [6.45, 7) is 2.78.